The van der Waals surface area contributed by atoms with Crippen LogP contribution in [0, 0.1) is 0 Å². The Hall–Kier alpha value is -2.04. The largest absolute Gasteiger partial charge is 0.399 e. The molecule has 2 rings (SSSR count). The number of nitrogen functional groups attached to an aromatic ring is 1. The zero-order valence-corrected chi connectivity index (χ0v) is 11.1. The molecule has 1 fully saturated rings. The van der Waals surface area contributed by atoms with E-state index in [4.69, 9.17) is 5.73 Å². The van der Waals surface area contributed by atoms with Gasteiger partial charge in [0, 0.05) is 31.4 Å². The molecule has 1 heterocycles. The molecule has 0 aliphatic carbocycles. The quantitative estimate of drug-likeness (QED) is 0.824. The van der Waals surface area contributed by atoms with E-state index in [2.05, 4.69) is 0 Å². The van der Waals surface area contributed by atoms with Crippen LogP contribution in [-0.4, -0.2) is 48.3 Å². The number of nitrogens with zero attached hydrogens (tertiary/aromatic N) is 2. The molecule has 0 spiro atoms. The van der Waals surface area contributed by atoms with E-state index >= 15 is 0 Å². The van der Waals surface area contributed by atoms with E-state index < -0.39 is 0 Å². The highest BCUT2D eigenvalue weighted by atomic mass is 16.2. The lowest BCUT2D eigenvalue weighted by molar-refractivity contribution is -0.130. The molecule has 2 amide bonds. The van der Waals surface area contributed by atoms with Crippen LogP contribution in [-0.2, 0) is 4.79 Å². The van der Waals surface area contributed by atoms with Crippen LogP contribution in [0.3, 0.4) is 0 Å². The first-order chi connectivity index (χ1) is 9.08. The van der Waals surface area contributed by atoms with Gasteiger partial charge in [0.15, 0.2) is 0 Å². The van der Waals surface area contributed by atoms with Crippen LogP contribution >= 0.6 is 0 Å². The monoisotopic (exact) mass is 261 g/mol. The zero-order valence-electron chi connectivity index (χ0n) is 11.1. The van der Waals surface area contributed by atoms with Gasteiger partial charge in [0.05, 0.1) is 6.54 Å². The first-order valence-electron chi connectivity index (χ1n) is 6.46. The average molecular weight is 261 g/mol. The van der Waals surface area contributed by atoms with Crippen LogP contribution in [0.4, 0.5) is 5.69 Å². The highest BCUT2D eigenvalue weighted by molar-refractivity contribution is 5.97. The SMILES string of the molecule is CN(CC(=O)N1CCCC1)C(=O)c1cccc(N)c1. The summed E-state index contributed by atoms with van der Waals surface area (Å²) in [6.45, 7) is 1.73. The van der Waals surface area contributed by atoms with Gasteiger partial charge in [-0.3, -0.25) is 9.59 Å². The molecule has 5 heteroatoms. The first kappa shape index (κ1) is 13.4. The van der Waals surface area contributed by atoms with Gasteiger partial charge in [-0.2, -0.15) is 0 Å². The number of likely N-dealkylation sites (N-methyl/N-ethyl adjacent to an activating group) is 1. The van der Waals surface area contributed by atoms with Crippen molar-refractivity contribution >= 4 is 17.5 Å². The summed E-state index contributed by atoms with van der Waals surface area (Å²) in [6, 6.07) is 6.79. The molecule has 102 valence electrons. The topological polar surface area (TPSA) is 66.6 Å². The second-order valence-electron chi connectivity index (χ2n) is 4.87. The normalized spacial score (nSPS) is 14.5. The van der Waals surface area contributed by atoms with E-state index in [9.17, 15) is 9.59 Å². The number of hydrogen-bond donors (Lipinski definition) is 1. The van der Waals surface area contributed by atoms with Crippen LogP contribution in [0.5, 0.6) is 0 Å². The Kier molecular flexibility index (Phi) is 4.04. The van der Waals surface area contributed by atoms with Crippen molar-refractivity contribution in [2.75, 3.05) is 32.4 Å². The average Bonchev–Trinajstić information content (AvgIpc) is 2.91. The highest BCUT2D eigenvalue weighted by Gasteiger charge is 2.21. The summed E-state index contributed by atoms with van der Waals surface area (Å²) >= 11 is 0. The van der Waals surface area contributed by atoms with E-state index in [0.29, 0.717) is 11.3 Å². The van der Waals surface area contributed by atoms with Gasteiger partial charge in [-0.15, -0.1) is 0 Å². The van der Waals surface area contributed by atoms with Crippen molar-refractivity contribution in [1.82, 2.24) is 9.80 Å². The van der Waals surface area contributed by atoms with E-state index in [1.54, 1.807) is 31.3 Å². The molecule has 19 heavy (non-hydrogen) atoms. The number of anilines is 1. The number of nitrogens with two attached hydrogens (primary N) is 1. The summed E-state index contributed by atoms with van der Waals surface area (Å²) in [5, 5.41) is 0. The van der Waals surface area contributed by atoms with Crippen molar-refractivity contribution in [1.29, 1.82) is 0 Å². The summed E-state index contributed by atoms with van der Waals surface area (Å²) in [5.74, 6) is -0.169. The minimum atomic E-state index is -0.181. The molecule has 1 saturated heterocycles. The Bertz CT molecular complexity index is 481. The van der Waals surface area contributed by atoms with Crippen molar-refractivity contribution in [3.8, 4) is 0 Å². The number of hydrogen-bond acceptors (Lipinski definition) is 3. The van der Waals surface area contributed by atoms with Crippen molar-refractivity contribution in [2.24, 2.45) is 0 Å². The predicted octanol–water partition coefficient (Wildman–Crippen LogP) is 0.963. The molecule has 2 N–H and O–H groups in total. The molecule has 0 unspecified atom stereocenters. The lowest BCUT2D eigenvalue weighted by Gasteiger charge is -2.21. The Labute approximate surface area is 113 Å². The second kappa shape index (κ2) is 5.73. The van der Waals surface area contributed by atoms with Gasteiger partial charge in [-0.05, 0) is 31.0 Å². The summed E-state index contributed by atoms with van der Waals surface area (Å²) < 4.78 is 0. The third-order valence-corrected chi connectivity index (χ3v) is 3.31. The van der Waals surface area contributed by atoms with Gasteiger partial charge in [0.25, 0.3) is 5.91 Å². The minimum absolute atomic E-state index is 0.0113. The van der Waals surface area contributed by atoms with E-state index in [-0.39, 0.29) is 18.4 Å². The molecule has 0 aromatic heterocycles. The van der Waals surface area contributed by atoms with Gasteiger partial charge >= 0.3 is 0 Å². The number of amides is 2. The van der Waals surface area contributed by atoms with Crippen LogP contribution in [0.25, 0.3) is 0 Å². The highest BCUT2D eigenvalue weighted by Crippen LogP contribution is 2.11. The van der Waals surface area contributed by atoms with Crippen LogP contribution in [0.2, 0.25) is 0 Å². The van der Waals surface area contributed by atoms with Gasteiger partial charge in [-0.1, -0.05) is 6.07 Å². The van der Waals surface area contributed by atoms with E-state index in [1.165, 1.54) is 4.90 Å². The maximum atomic E-state index is 12.1. The lowest BCUT2D eigenvalue weighted by atomic mass is 10.2. The fourth-order valence-corrected chi connectivity index (χ4v) is 2.23. The Morgan fingerprint density at radius 1 is 1.32 bits per heavy atom. The molecule has 1 aromatic carbocycles. The molecule has 5 nitrogen and oxygen atoms in total. The third kappa shape index (κ3) is 3.24. The Balaban J connectivity index is 1.97. The van der Waals surface area contributed by atoms with E-state index in [0.717, 1.165) is 25.9 Å². The number of carbonyl (C=O) groups is 2. The molecule has 0 bridgehead atoms. The van der Waals surface area contributed by atoms with E-state index in [1.807, 2.05) is 4.90 Å². The van der Waals surface area contributed by atoms with Gasteiger partial charge < -0.3 is 15.5 Å². The third-order valence-electron chi connectivity index (χ3n) is 3.31. The second-order valence-corrected chi connectivity index (χ2v) is 4.87. The van der Waals surface area contributed by atoms with Gasteiger partial charge in [0.2, 0.25) is 5.91 Å². The minimum Gasteiger partial charge on any atom is -0.399 e. The zero-order chi connectivity index (χ0) is 13.8. The summed E-state index contributed by atoms with van der Waals surface area (Å²) in [5.41, 5.74) is 6.71. The fourth-order valence-electron chi connectivity index (χ4n) is 2.23. The smallest absolute Gasteiger partial charge is 0.254 e. The first-order valence-corrected chi connectivity index (χ1v) is 6.46. The molecule has 1 aliphatic heterocycles. The van der Waals surface area contributed by atoms with Crippen molar-refractivity contribution in [3.63, 3.8) is 0 Å². The summed E-state index contributed by atoms with van der Waals surface area (Å²) in [4.78, 5) is 27.4. The van der Waals surface area contributed by atoms with Gasteiger partial charge in [-0.25, -0.2) is 0 Å². The number of rotatable bonds is 3. The summed E-state index contributed by atoms with van der Waals surface area (Å²) in [6.07, 6.45) is 2.11. The molecule has 0 radical (unpaired) electrons. The van der Waals surface area contributed by atoms with Crippen molar-refractivity contribution in [3.05, 3.63) is 29.8 Å². The number of likely N-dealkylation sites (tertiary alicyclic amines) is 1. The Morgan fingerprint density at radius 2 is 2.00 bits per heavy atom. The molecule has 0 saturated carbocycles. The van der Waals surface area contributed by atoms with Crippen LogP contribution in [0.15, 0.2) is 24.3 Å². The molecule has 1 aromatic rings. The molecule has 1 aliphatic rings. The van der Waals surface area contributed by atoms with Crippen molar-refractivity contribution < 1.29 is 9.59 Å². The maximum Gasteiger partial charge on any atom is 0.254 e. The van der Waals surface area contributed by atoms with Crippen LogP contribution in [0.1, 0.15) is 23.2 Å². The van der Waals surface area contributed by atoms with Gasteiger partial charge in [0.1, 0.15) is 0 Å². The molecular formula is C14H19N3O2. The standard InChI is InChI=1S/C14H19N3O2/c1-16(10-13(18)17-7-2-3-8-17)14(19)11-5-4-6-12(15)9-11/h4-6,9H,2-3,7-8,10,15H2,1H3. The lowest BCUT2D eigenvalue weighted by Crippen LogP contribution is -2.39. The van der Waals surface area contributed by atoms with Crippen molar-refractivity contribution in [2.45, 2.75) is 12.8 Å². The number of carbonyl (C=O) groups excluding carboxylic acids is 2. The maximum absolute atomic E-state index is 12.1. The number of benzene rings is 1. The summed E-state index contributed by atoms with van der Waals surface area (Å²) in [7, 11) is 1.64. The Morgan fingerprint density at radius 3 is 2.63 bits per heavy atom. The molecule has 0 atom stereocenters. The predicted molar refractivity (Wildman–Crippen MR) is 73.6 cm³/mol. The fraction of sp³-hybridized carbons (Fsp3) is 0.429. The van der Waals surface area contributed by atoms with Crippen LogP contribution < -0.4 is 5.73 Å². The molecular weight excluding hydrogens is 242 g/mol.